The van der Waals surface area contributed by atoms with Gasteiger partial charge in [0, 0.05) is 35.7 Å². The maximum atomic E-state index is 13.7. The van der Waals surface area contributed by atoms with Crippen LogP contribution in [0.2, 0.25) is 0 Å². The van der Waals surface area contributed by atoms with Crippen molar-refractivity contribution in [1.82, 2.24) is 14.8 Å². The first-order valence-corrected chi connectivity index (χ1v) is 10.0. The van der Waals surface area contributed by atoms with E-state index in [1.807, 2.05) is 18.9 Å². The number of hydrogen-bond donors (Lipinski definition) is 1. The molecule has 4 rings (SSSR count). The lowest BCUT2D eigenvalue weighted by Crippen LogP contribution is -2.37. The number of nitrogens with one attached hydrogen (secondary N) is 1. The maximum absolute atomic E-state index is 13.7. The number of halogens is 1. The number of likely N-dealkylation sites (N-methyl/N-ethyl adjacent to an activating group) is 1. The largest absolute Gasteiger partial charge is 0.358 e. The van der Waals surface area contributed by atoms with Gasteiger partial charge in [-0.05, 0) is 82.3 Å². The van der Waals surface area contributed by atoms with Crippen LogP contribution >= 0.6 is 0 Å². The molecule has 27 heavy (non-hydrogen) atoms. The lowest BCUT2D eigenvalue weighted by Gasteiger charge is -2.27. The molecule has 2 aliphatic carbocycles. The van der Waals surface area contributed by atoms with Gasteiger partial charge in [0.15, 0.2) is 0 Å². The first kappa shape index (κ1) is 18.5. The van der Waals surface area contributed by atoms with Crippen LogP contribution in [0.4, 0.5) is 4.39 Å². The molecule has 1 heterocycles. The fourth-order valence-corrected chi connectivity index (χ4v) is 5.35. The second kappa shape index (κ2) is 6.93. The van der Waals surface area contributed by atoms with Crippen LogP contribution in [0, 0.1) is 24.6 Å². The van der Waals surface area contributed by atoms with E-state index in [0.717, 1.165) is 46.8 Å². The third-order valence-electron chi connectivity index (χ3n) is 7.05. The molecular formula is C22H30FN3O. The Morgan fingerprint density at radius 2 is 1.74 bits per heavy atom. The highest BCUT2D eigenvalue weighted by Gasteiger charge is 2.44. The van der Waals surface area contributed by atoms with E-state index < -0.39 is 0 Å². The van der Waals surface area contributed by atoms with Gasteiger partial charge in [0.1, 0.15) is 5.82 Å². The number of fused-ring (bicyclic) bond motifs is 2. The van der Waals surface area contributed by atoms with Crippen molar-refractivity contribution in [1.29, 1.82) is 0 Å². The highest BCUT2D eigenvalue weighted by Crippen LogP contribution is 2.46. The molecule has 0 radical (unpaired) electrons. The van der Waals surface area contributed by atoms with Crippen molar-refractivity contribution in [2.75, 3.05) is 21.1 Å². The zero-order valence-corrected chi connectivity index (χ0v) is 16.8. The molecular weight excluding hydrogens is 341 g/mol. The number of carbonyl (C=O) groups is 1. The first-order valence-electron chi connectivity index (χ1n) is 10.0. The Hall–Kier alpha value is -1.88. The normalized spacial score (nSPS) is 27.5. The van der Waals surface area contributed by atoms with Crippen molar-refractivity contribution < 1.29 is 9.18 Å². The highest BCUT2D eigenvalue weighted by atomic mass is 19.1. The molecule has 0 spiro atoms. The quantitative estimate of drug-likeness (QED) is 0.889. The van der Waals surface area contributed by atoms with E-state index in [4.69, 9.17) is 0 Å². The lowest BCUT2D eigenvalue weighted by atomic mass is 10.0. The molecule has 1 N–H and O–H groups in total. The number of aromatic amines is 1. The number of carbonyl (C=O) groups excluding carboxylic acids is 1. The predicted molar refractivity (Wildman–Crippen MR) is 106 cm³/mol. The van der Waals surface area contributed by atoms with Crippen molar-refractivity contribution in [3.8, 4) is 0 Å². The van der Waals surface area contributed by atoms with Gasteiger partial charge in [0.25, 0.3) is 0 Å². The van der Waals surface area contributed by atoms with E-state index in [1.54, 1.807) is 6.07 Å². The molecule has 1 aromatic heterocycles. The van der Waals surface area contributed by atoms with Crippen LogP contribution in [0.3, 0.4) is 0 Å². The molecule has 2 fully saturated rings. The van der Waals surface area contributed by atoms with Crippen LogP contribution in [-0.4, -0.2) is 53.9 Å². The minimum atomic E-state index is -0.261. The number of rotatable bonds is 4. The Labute approximate surface area is 160 Å². The second-order valence-corrected chi connectivity index (χ2v) is 8.83. The summed E-state index contributed by atoms with van der Waals surface area (Å²) in [5.41, 5.74) is 2.77. The van der Waals surface area contributed by atoms with E-state index in [-0.39, 0.29) is 11.7 Å². The molecule has 5 heteroatoms. The molecule has 2 saturated carbocycles. The van der Waals surface area contributed by atoms with Crippen LogP contribution in [0.5, 0.6) is 0 Å². The van der Waals surface area contributed by atoms with Crippen molar-refractivity contribution >= 4 is 16.8 Å². The number of hydrogen-bond acceptors (Lipinski definition) is 2. The molecule has 0 bridgehead atoms. The van der Waals surface area contributed by atoms with Crippen LogP contribution in [0.25, 0.3) is 10.9 Å². The van der Waals surface area contributed by atoms with Crippen LogP contribution in [0.15, 0.2) is 18.2 Å². The third-order valence-corrected chi connectivity index (χ3v) is 7.05. The molecule has 2 aromatic rings. The number of nitrogens with zero attached hydrogens (tertiary/aromatic N) is 2. The minimum absolute atomic E-state index is 0.136. The number of aromatic nitrogens is 1. The molecule has 1 amide bonds. The Morgan fingerprint density at radius 1 is 1.11 bits per heavy atom. The van der Waals surface area contributed by atoms with E-state index in [1.165, 1.54) is 25.0 Å². The summed E-state index contributed by atoms with van der Waals surface area (Å²) in [5.74, 6) is 1.38. The van der Waals surface area contributed by atoms with Gasteiger partial charge in [-0.1, -0.05) is 0 Å². The molecule has 2 unspecified atom stereocenters. The second-order valence-electron chi connectivity index (χ2n) is 8.83. The summed E-state index contributed by atoms with van der Waals surface area (Å²) < 4.78 is 13.7. The van der Waals surface area contributed by atoms with Gasteiger partial charge in [0.05, 0.1) is 6.42 Å². The monoisotopic (exact) mass is 371 g/mol. The first-order chi connectivity index (χ1) is 12.8. The van der Waals surface area contributed by atoms with Gasteiger partial charge < -0.3 is 14.8 Å². The molecule has 0 aliphatic heterocycles. The van der Waals surface area contributed by atoms with Gasteiger partial charge in [-0.25, -0.2) is 4.39 Å². The third kappa shape index (κ3) is 3.38. The van der Waals surface area contributed by atoms with Crippen molar-refractivity contribution in [2.24, 2.45) is 11.8 Å². The SMILES string of the molecule is Cc1[nH]c2ccc(F)cc2c1CC(=O)N(C)C1C[C@H]2CC(N(C)C)C[C@H]2C1. The van der Waals surface area contributed by atoms with E-state index in [9.17, 15) is 9.18 Å². The van der Waals surface area contributed by atoms with Gasteiger partial charge in [-0.3, -0.25) is 4.79 Å². The van der Waals surface area contributed by atoms with E-state index >= 15 is 0 Å². The highest BCUT2D eigenvalue weighted by molar-refractivity contribution is 5.90. The number of benzene rings is 1. The minimum Gasteiger partial charge on any atom is -0.358 e. The number of aryl methyl sites for hydroxylation is 1. The number of amides is 1. The Balaban J connectivity index is 1.44. The fraction of sp³-hybridized carbons (Fsp3) is 0.591. The predicted octanol–water partition coefficient (Wildman–Crippen LogP) is 3.74. The summed E-state index contributed by atoms with van der Waals surface area (Å²) in [6.07, 6.45) is 5.10. The Bertz CT molecular complexity index is 845. The van der Waals surface area contributed by atoms with Crippen LogP contribution in [0.1, 0.15) is 36.9 Å². The molecule has 146 valence electrons. The Kier molecular flexibility index (Phi) is 4.75. The summed E-state index contributed by atoms with van der Waals surface area (Å²) >= 11 is 0. The van der Waals surface area contributed by atoms with Gasteiger partial charge in [0.2, 0.25) is 5.91 Å². The average Bonchev–Trinajstić information content (AvgIpc) is 3.26. The summed E-state index contributed by atoms with van der Waals surface area (Å²) in [7, 11) is 6.29. The molecule has 0 saturated heterocycles. The van der Waals surface area contributed by atoms with E-state index in [0.29, 0.717) is 18.5 Å². The van der Waals surface area contributed by atoms with Crippen LogP contribution in [-0.2, 0) is 11.2 Å². The van der Waals surface area contributed by atoms with E-state index in [2.05, 4.69) is 24.0 Å². The van der Waals surface area contributed by atoms with Gasteiger partial charge in [-0.2, -0.15) is 0 Å². The Morgan fingerprint density at radius 3 is 2.37 bits per heavy atom. The summed E-state index contributed by atoms with van der Waals surface area (Å²) in [4.78, 5) is 20.6. The molecule has 1 aromatic carbocycles. The zero-order valence-electron chi connectivity index (χ0n) is 16.8. The van der Waals surface area contributed by atoms with Gasteiger partial charge in [-0.15, -0.1) is 0 Å². The average molecular weight is 372 g/mol. The van der Waals surface area contributed by atoms with Gasteiger partial charge >= 0.3 is 0 Å². The van der Waals surface area contributed by atoms with Crippen molar-refractivity contribution in [2.45, 2.75) is 51.1 Å². The van der Waals surface area contributed by atoms with Crippen molar-refractivity contribution in [3.63, 3.8) is 0 Å². The number of H-pyrrole nitrogens is 1. The summed E-state index contributed by atoms with van der Waals surface area (Å²) in [5, 5.41) is 0.825. The maximum Gasteiger partial charge on any atom is 0.227 e. The molecule has 2 aliphatic rings. The van der Waals surface area contributed by atoms with Crippen LogP contribution < -0.4 is 0 Å². The molecule has 4 nitrogen and oxygen atoms in total. The smallest absolute Gasteiger partial charge is 0.227 e. The molecule has 4 atom stereocenters. The standard InChI is InChI=1S/C22H30FN3O/c1-13-19(20-11-16(23)5-6-21(20)24-13)12-22(27)26(4)18-9-14-7-17(25(2)3)8-15(14)10-18/h5-6,11,14-15,17-18,24H,7-10,12H2,1-4H3/t14-,15+,17?,18?. The zero-order chi connectivity index (χ0) is 19.3. The fourth-order valence-electron chi connectivity index (χ4n) is 5.35. The lowest BCUT2D eigenvalue weighted by molar-refractivity contribution is -0.131. The summed E-state index contributed by atoms with van der Waals surface area (Å²) in [6, 6.07) is 5.77. The summed E-state index contributed by atoms with van der Waals surface area (Å²) in [6.45, 7) is 1.96. The topological polar surface area (TPSA) is 39.3 Å². The van der Waals surface area contributed by atoms with Crippen molar-refractivity contribution in [3.05, 3.63) is 35.3 Å².